The fraction of sp³-hybridized carbons (Fsp3) is 0.318. The molecular weight excluding hydrogens is 490 g/mol. The topological polar surface area (TPSA) is 145 Å². The predicted octanol–water partition coefficient (Wildman–Crippen LogP) is 1.09. The van der Waals surface area contributed by atoms with E-state index in [2.05, 4.69) is 14.8 Å². The summed E-state index contributed by atoms with van der Waals surface area (Å²) in [4.78, 5) is 31.8. The summed E-state index contributed by atoms with van der Waals surface area (Å²) in [5.41, 5.74) is -1.26. The Morgan fingerprint density at radius 1 is 1.20 bits per heavy atom. The smallest absolute Gasteiger partial charge is 0.288 e. The molecule has 5 rings (SSSR count). The molecule has 0 radical (unpaired) electrons. The summed E-state index contributed by atoms with van der Waals surface area (Å²) in [6.45, 7) is 2.02. The van der Waals surface area contributed by atoms with E-state index in [0.29, 0.717) is 23.9 Å². The molecule has 13 heteroatoms. The number of nitrogens with zero attached hydrogens (tertiary/aromatic N) is 6. The van der Waals surface area contributed by atoms with Crippen LogP contribution in [0.1, 0.15) is 28.3 Å². The molecule has 0 saturated heterocycles. The van der Waals surface area contributed by atoms with Gasteiger partial charge in [-0.15, -0.1) is 11.3 Å². The number of nitrogens with one attached hydrogen (secondary N) is 1. The Morgan fingerprint density at radius 3 is 2.57 bits per heavy atom. The summed E-state index contributed by atoms with van der Waals surface area (Å²) in [5, 5.41) is 14.3. The van der Waals surface area contributed by atoms with Gasteiger partial charge >= 0.3 is 5.69 Å². The molecule has 1 aliphatic rings. The van der Waals surface area contributed by atoms with Gasteiger partial charge in [0.15, 0.2) is 0 Å². The Hall–Kier alpha value is -3.60. The van der Waals surface area contributed by atoms with Crippen LogP contribution in [-0.2, 0) is 30.2 Å². The molecule has 3 heterocycles. The third-order valence-electron chi connectivity index (χ3n) is 5.88. The van der Waals surface area contributed by atoms with Crippen LogP contribution in [0.15, 0.2) is 51.3 Å². The second kappa shape index (κ2) is 8.26. The average Bonchev–Trinajstić information content (AvgIpc) is 3.26. The lowest BCUT2D eigenvalue weighted by Gasteiger charge is -2.15. The first-order valence-corrected chi connectivity index (χ1v) is 13.0. The number of sulfonamides is 1. The molecule has 0 aliphatic heterocycles. The second-order valence-electron chi connectivity index (χ2n) is 8.61. The number of aryl methyl sites for hydroxylation is 2. The van der Waals surface area contributed by atoms with Crippen LogP contribution in [0, 0.1) is 18.3 Å². The highest BCUT2D eigenvalue weighted by Gasteiger charge is 2.46. The van der Waals surface area contributed by atoms with Crippen molar-refractivity contribution in [2.75, 3.05) is 0 Å². The van der Waals surface area contributed by atoms with Crippen molar-refractivity contribution in [1.29, 1.82) is 5.26 Å². The van der Waals surface area contributed by atoms with Gasteiger partial charge in [0.1, 0.15) is 5.54 Å². The number of hydrogen-bond acceptors (Lipinski definition) is 8. The second-order valence-corrected chi connectivity index (χ2v) is 11.6. The van der Waals surface area contributed by atoms with E-state index >= 15 is 0 Å². The van der Waals surface area contributed by atoms with Gasteiger partial charge in [-0.1, -0.05) is 0 Å². The van der Waals surface area contributed by atoms with Crippen molar-refractivity contribution in [2.24, 2.45) is 7.05 Å². The standard InChI is InChI=1S/C22H21N7O4S2/c1-14-24-9-16(34-14)12-28-19-4-3-17(35(32,33)26-22(13-23)5-6-22)7-18(19)20(30)29(21(28)31)11-15-8-25-27(2)10-15/h3-4,7-10,26H,5-6,11-12H2,1-2H3. The van der Waals surface area contributed by atoms with Crippen LogP contribution in [0.4, 0.5) is 0 Å². The molecule has 35 heavy (non-hydrogen) atoms. The van der Waals surface area contributed by atoms with Crippen molar-refractivity contribution in [3.63, 3.8) is 0 Å². The van der Waals surface area contributed by atoms with Gasteiger partial charge in [-0.2, -0.15) is 15.1 Å². The number of rotatable bonds is 7. The normalized spacial score (nSPS) is 14.8. The molecule has 1 N–H and O–H groups in total. The van der Waals surface area contributed by atoms with Crippen molar-refractivity contribution in [1.82, 2.24) is 28.6 Å². The molecule has 0 bridgehead atoms. The van der Waals surface area contributed by atoms with Gasteiger partial charge < -0.3 is 0 Å². The summed E-state index contributed by atoms with van der Waals surface area (Å²) in [6, 6.07) is 6.07. The zero-order valence-corrected chi connectivity index (χ0v) is 20.6. The van der Waals surface area contributed by atoms with E-state index in [0.717, 1.165) is 14.5 Å². The van der Waals surface area contributed by atoms with Gasteiger partial charge in [0.2, 0.25) is 10.0 Å². The first-order chi connectivity index (χ1) is 16.6. The fourth-order valence-corrected chi connectivity index (χ4v) is 6.10. The maximum atomic E-state index is 13.5. The van der Waals surface area contributed by atoms with Crippen molar-refractivity contribution >= 4 is 32.3 Å². The number of thiazole rings is 1. The minimum Gasteiger partial charge on any atom is -0.288 e. The molecule has 3 aromatic heterocycles. The summed E-state index contributed by atoms with van der Waals surface area (Å²) in [7, 11) is -2.32. The van der Waals surface area contributed by atoms with E-state index in [1.165, 1.54) is 34.1 Å². The number of nitriles is 1. The summed E-state index contributed by atoms with van der Waals surface area (Å²) in [6.07, 6.45) is 5.81. The zero-order valence-electron chi connectivity index (χ0n) is 18.9. The number of fused-ring (bicyclic) bond motifs is 1. The molecule has 0 spiro atoms. The Kier molecular flexibility index (Phi) is 5.47. The fourth-order valence-electron chi connectivity index (χ4n) is 3.91. The quantitative estimate of drug-likeness (QED) is 0.391. The van der Waals surface area contributed by atoms with Crippen LogP contribution >= 0.6 is 11.3 Å². The third kappa shape index (κ3) is 4.31. The van der Waals surface area contributed by atoms with E-state index in [1.807, 2.05) is 13.0 Å². The van der Waals surface area contributed by atoms with Crippen LogP contribution in [-0.4, -0.2) is 37.9 Å². The maximum Gasteiger partial charge on any atom is 0.332 e. The van der Waals surface area contributed by atoms with Gasteiger partial charge in [-0.25, -0.2) is 18.2 Å². The highest BCUT2D eigenvalue weighted by molar-refractivity contribution is 7.89. The largest absolute Gasteiger partial charge is 0.332 e. The molecule has 1 aliphatic carbocycles. The molecule has 180 valence electrons. The van der Waals surface area contributed by atoms with Gasteiger partial charge in [0, 0.05) is 29.9 Å². The van der Waals surface area contributed by atoms with Crippen molar-refractivity contribution < 1.29 is 8.42 Å². The molecular formula is C22H21N7O4S2. The molecule has 11 nitrogen and oxygen atoms in total. The van der Waals surface area contributed by atoms with E-state index < -0.39 is 26.8 Å². The average molecular weight is 512 g/mol. The van der Waals surface area contributed by atoms with Crippen LogP contribution in [0.2, 0.25) is 0 Å². The van der Waals surface area contributed by atoms with E-state index in [-0.39, 0.29) is 23.4 Å². The minimum atomic E-state index is -4.05. The highest BCUT2D eigenvalue weighted by atomic mass is 32.2. The van der Waals surface area contributed by atoms with Crippen LogP contribution < -0.4 is 16.0 Å². The Bertz CT molecular complexity index is 1730. The van der Waals surface area contributed by atoms with E-state index in [9.17, 15) is 23.3 Å². The van der Waals surface area contributed by atoms with Gasteiger partial charge in [0.25, 0.3) is 5.56 Å². The van der Waals surface area contributed by atoms with Crippen molar-refractivity contribution in [2.45, 2.75) is 43.3 Å². The van der Waals surface area contributed by atoms with Crippen LogP contribution in [0.25, 0.3) is 10.9 Å². The van der Waals surface area contributed by atoms with Gasteiger partial charge in [0.05, 0.1) is 46.2 Å². The van der Waals surface area contributed by atoms with Crippen LogP contribution in [0.3, 0.4) is 0 Å². The Balaban J connectivity index is 1.69. The summed E-state index contributed by atoms with van der Waals surface area (Å²) >= 11 is 1.43. The lowest BCUT2D eigenvalue weighted by molar-refractivity contribution is 0.571. The van der Waals surface area contributed by atoms with E-state index in [1.54, 1.807) is 30.3 Å². The Morgan fingerprint density at radius 2 is 1.97 bits per heavy atom. The Labute approximate surface area is 203 Å². The number of aromatic nitrogens is 5. The van der Waals surface area contributed by atoms with Gasteiger partial charge in [-0.05, 0) is 38.0 Å². The van der Waals surface area contributed by atoms with Gasteiger partial charge in [-0.3, -0.25) is 18.6 Å². The molecule has 0 atom stereocenters. The molecule has 0 amide bonds. The van der Waals surface area contributed by atoms with Crippen molar-refractivity contribution in [3.05, 3.63) is 73.1 Å². The molecule has 4 aromatic rings. The van der Waals surface area contributed by atoms with Crippen molar-refractivity contribution in [3.8, 4) is 6.07 Å². The first-order valence-electron chi connectivity index (χ1n) is 10.7. The van der Waals surface area contributed by atoms with E-state index in [4.69, 9.17) is 0 Å². The zero-order chi connectivity index (χ0) is 25.0. The monoisotopic (exact) mass is 511 g/mol. The summed E-state index contributed by atoms with van der Waals surface area (Å²) < 4.78 is 32.5. The molecule has 1 fully saturated rings. The third-order valence-corrected chi connectivity index (χ3v) is 8.31. The predicted molar refractivity (Wildman–Crippen MR) is 129 cm³/mol. The van der Waals surface area contributed by atoms with Crippen LogP contribution in [0.5, 0.6) is 0 Å². The number of benzene rings is 1. The first kappa shape index (κ1) is 23.2. The number of hydrogen-bond donors (Lipinski definition) is 1. The molecule has 1 saturated carbocycles. The minimum absolute atomic E-state index is 0.0179. The molecule has 0 unspecified atom stereocenters. The molecule has 1 aromatic carbocycles. The lowest BCUT2D eigenvalue weighted by atomic mass is 10.2. The SMILES string of the molecule is Cc1ncc(Cn2c(=O)n(Cc3cnn(C)c3)c(=O)c3cc(S(=O)(=O)NC4(C#N)CC4)ccc32)s1. The highest BCUT2D eigenvalue weighted by Crippen LogP contribution is 2.36. The summed E-state index contributed by atoms with van der Waals surface area (Å²) in [5.74, 6) is 0. The lowest BCUT2D eigenvalue weighted by Crippen LogP contribution is -2.40. The maximum absolute atomic E-state index is 13.5.